The quantitative estimate of drug-likeness (QED) is 0.423. The van der Waals surface area contributed by atoms with Crippen molar-refractivity contribution in [2.45, 2.75) is 0 Å². The Balaban J connectivity index is 2.32. The van der Waals surface area contributed by atoms with Crippen LogP contribution in [0.3, 0.4) is 0 Å². The summed E-state index contributed by atoms with van der Waals surface area (Å²) in [5.41, 5.74) is 2.17. The molecular formula is C2H4N3O-. The molecule has 4 nitrogen and oxygen atoms in total. The van der Waals surface area contributed by atoms with Crippen LogP contribution in [0.15, 0.2) is 5.10 Å². The Kier molecular flexibility index (Phi) is 0.736. The zero-order chi connectivity index (χ0) is 4.41. The van der Waals surface area contributed by atoms with Crippen molar-refractivity contribution in [2.75, 3.05) is 6.54 Å². The van der Waals surface area contributed by atoms with Gasteiger partial charge in [-0.05, 0) is 0 Å². The highest BCUT2D eigenvalue weighted by Crippen LogP contribution is 1.78. The number of hydrogen-bond donors (Lipinski definition) is 1. The summed E-state index contributed by atoms with van der Waals surface area (Å²) in [6.07, 6.45) is 1.51. The SMILES string of the molecule is [O-]N1CC=NN1. The van der Waals surface area contributed by atoms with Crippen molar-refractivity contribution in [1.82, 2.24) is 10.7 Å². The second kappa shape index (κ2) is 1.24. The third-order valence-corrected chi connectivity index (χ3v) is 0.508. The summed E-state index contributed by atoms with van der Waals surface area (Å²) in [4.78, 5) is 0. The number of hydroxylamine groups is 1. The summed E-state index contributed by atoms with van der Waals surface area (Å²) in [5, 5.41) is 14.0. The van der Waals surface area contributed by atoms with Gasteiger partial charge in [-0.2, -0.15) is 5.10 Å². The van der Waals surface area contributed by atoms with Crippen molar-refractivity contribution in [1.29, 1.82) is 0 Å². The number of hydrogen-bond acceptors (Lipinski definition) is 4. The van der Waals surface area contributed by atoms with Crippen LogP contribution in [0.5, 0.6) is 0 Å². The van der Waals surface area contributed by atoms with E-state index in [0.717, 1.165) is 0 Å². The number of hydrazone groups is 1. The Morgan fingerprint density at radius 1 is 2.00 bits per heavy atom. The van der Waals surface area contributed by atoms with Crippen LogP contribution < -0.4 is 5.53 Å². The Labute approximate surface area is 35.0 Å². The lowest BCUT2D eigenvalue weighted by atomic mass is 10.8. The normalized spacial score (nSPS) is 21.5. The van der Waals surface area contributed by atoms with Gasteiger partial charge in [-0.3, -0.25) is 10.7 Å². The maximum Gasteiger partial charge on any atom is 0.0432 e. The van der Waals surface area contributed by atoms with E-state index in [-0.39, 0.29) is 0 Å². The van der Waals surface area contributed by atoms with Crippen LogP contribution in [0.2, 0.25) is 0 Å². The van der Waals surface area contributed by atoms with Crippen molar-refractivity contribution in [3.8, 4) is 0 Å². The van der Waals surface area contributed by atoms with Gasteiger partial charge >= 0.3 is 0 Å². The maximum absolute atomic E-state index is 9.92. The fraction of sp³-hybridized carbons (Fsp3) is 0.500. The summed E-state index contributed by atoms with van der Waals surface area (Å²) in [5.74, 6) is 0. The van der Waals surface area contributed by atoms with E-state index in [2.05, 4.69) is 10.6 Å². The number of nitrogens with one attached hydrogen (secondary N) is 1. The van der Waals surface area contributed by atoms with E-state index >= 15 is 0 Å². The van der Waals surface area contributed by atoms with Crippen LogP contribution in [-0.4, -0.2) is 17.9 Å². The molecule has 0 saturated heterocycles. The van der Waals surface area contributed by atoms with E-state index in [1.807, 2.05) is 0 Å². The van der Waals surface area contributed by atoms with E-state index in [4.69, 9.17) is 0 Å². The molecule has 1 aliphatic heterocycles. The molecule has 1 rings (SSSR count). The van der Waals surface area contributed by atoms with Gasteiger partial charge in [0.25, 0.3) is 0 Å². The number of nitrogens with zero attached hydrogens (tertiary/aromatic N) is 2. The summed E-state index contributed by atoms with van der Waals surface area (Å²) in [6.45, 7) is 0.361. The second-order valence-electron chi connectivity index (χ2n) is 0.973. The van der Waals surface area contributed by atoms with Crippen LogP contribution in [0.4, 0.5) is 0 Å². The molecule has 0 unspecified atom stereocenters. The summed E-state index contributed by atoms with van der Waals surface area (Å²) < 4.78 is 0. The van der Waals surface area contributed by atoms with Gasteiger partial charge in [-0.25, -0.2) is 0 Å². The molecule has 6 heavy (non-hydrogen) atoms. The first-order chi connectivity index (χ1) is 2.89. The van der Waals surface area contributed by atoms with Crippen molar-refractivity contribution in [3.05, 3.63) is 5.21 Å². The highest BCUT2D eigenvalue weighted by Gasteiger charge is 1.87. The Hall–Kier alpha value is -0.610. The van der Waals surface area contributed by atoms with Gasteiger partial charge in [-0.1, -0.05) is 0 Å². The molecule has 0 amide bonds. The molecule has 4 heteroatoms. The van der Waals surface area contributed by atoms with Gasteiger partial charge in [0.1, 0.15) is 0 Å². The van der Waals surface area contributed by atoms with Gasteiger partial charge in [0.2, 0.25) is 0 Å². The van der Waals surface area contributed by atoms with Crippen LogP contribution in [0.1, 0.15) is 0 Å². The molecule has 34 valence electrons. The first-order valence-corrected chi connectivity index (χ1v) is 1.61. The number of hydrazine groups is 1. The standard InChI is InChI=1S/C2H4N3O/c6-5-2-1-3-4-5/h1,4H,2H2/q-1. The lowest BCUT2D eigenvalue weighted by Crippen LogP contribution is -2.22. The molecule has 0 aromatic carbocycles. The van der Waals surface area contributed by atoms with Crippen molar-refractivity contribution < 1.29 is 0 Å². The molecule has 1 aliphatic rings. The zero-order valence-electron chi connectivity index (χ0n) is 3.09. The predicted molar refractivity (Wildman–Crippen MR) is 21.7 cm³/mol. The molecule has 0 aromatic rings. The van der Waals surface area contributed by atoms with Crippen molar-refractivity contribution in [3.63, 3.8) is 0 Å². The predicted octanol–water partition coefficient (Wildman–Crippen LogP) is -0.710. The molecule has 0 aliphatic carbocycles. The third kappa shape index (κ3) is 0.474. The van der Waals surface area contributed by atoms with Crippen LogP contribution in [0.25, 0.3) is 0 Å². The van der Waals surface area contributed by atoms with E-state index in [1.54, 1.807) is 0 Å². The molecule has 0 saturated carbocycles. The molecule has 1 N–H and O–H groups in total. The molecule has 0 fully saturated rings. The van der Waals surface area contributed by atoms with E-state index < -0.39 is 0 Å². The first kappa shape index (κ1) is 3.58. The largest absolute Gasteiger partial charge is 0.766 e. The van der Waals surface area contributed by atoms with Crippen LogP contribution in [-0.2, 0) is 0 Å². The average Bonchev–Trinajstić information content (AvgIpc) is 1.86. The lowest BCUT2D eigenvalue weighted by molar-refractivity contribution is 0.345. The highest BCUT2D eigenvalue weighted by molar-refractivity contribution is 5.60. The molecule has 1 heterocycles. The fourth-order valence-electron chi connectivity index (χ4n) is 0.261. The van der Waals surface area contributed by atoms with Crippen molar-refractivity contribution in [2.24, 2.45) is 5.10 Å². The molecular weight excluding hydrogens is 82.0 g/mol. The van der Waals surface area contributed by atoms with Crippen LogP contribution in [0, 0.1) is 5.21 Å². The smallest absolute Gasteiger partial charge is 0.0432 e. The van der Waals surface area contributed by atoms with E-state index in [1.165, 1.54) is 6.21 Å². The molecule has 0 bridgehead atoms. The molecule has 0 spiro atoms. The fourth-order valence-corrected chi connectivity index (χ4v) is 0.261. The second-order valence-corrected chi connectivity index (χ2v) is 0.973. The molecule has 0 atom stereocenters. The van der Waals surface area contributed by atoms with Crippen molar-refractivity contribution >= 4 is 6.21 Å². The van der Waals surface area contributed by atoms with Crippen LogP contribution >= 0.6 is 0 Å². The minimum atomic E-state index is 0.361. The van der Waals surface area contributed by atoms with Gasteiger partial charge < -0.3 is 5.21 Å². The highest BCUT2D eigenvalue weighted by atomic mass is 16.5. The lowest BCUT2D eigenvalue weighted by Gasteiger charge is -2.17. The average molecular weight is 86.1 g/mol. The summed E-state index contributed by atoms with van der Waals surface area (Å²) >= 11 is 0. The first-order valence-electron chi connectivity index (χ1n) is 1.61. The Morgan fingerprint density at radius 3 is 3.00 bits per heavy atom. The minimum absolute atomic E-state index is 0.361. The van der Waals surface area contributed by atoms with Gasteiger partial charge in [-0.15, -0.1) is 0 Å². The molecule has 0 aromatic heterocycles. The minimum Gasteiger partial charge on any atom is -0.766 e. The summed E-state index contributed by atoms with van der Waals surface area (Å²) in [6, 6.07) is 0. The molecule has 0 radical (unpaired) electrons. The van der Waals surface area contributed by atoms with E-state index in [9.17, 15) is 5.21 Å². The third-order valence-electron chi connectivity index (χ3n) is 0.508. The zero-order valence-corrected chi connectivity index (χ0v) is 3.09. The van der Waals surface area contributed by atoms with Gasteiger partial charge in [0.15, 0.2) is 0 Å². The maximum atomic E-state index is 9.92. The monoisotopic (exact) mass is 86.0 g/mol. The van der Waals surface area contributed by atoms with Gasteiger partial charge in [0, 0.05) is 12.8 Å². The topological polar surface area (TPSA) is 50.7 Å². The summed E-state index contributed by atoms with van der Waals surface area (Å²) in [7, 11) is 0. The number of rotatable bonds is 0. The Morgan fingerprint density at radius 2 is 2.83 bits per heavy atom. The van der Waals surface area contributed by atoms with E-state index in [0.29, 0.717) is 11.7 Å². The van der Waals surface area contributed by atoms with Gasteiger partial charge in [0.05, 0.1) is 0 Å². The Bertz CT molecular complexity index is 63.2.